The summed E-state index contributed by atoms with van der Waals surface area (Å²) < 4.78 is 13.9. The van der Waals surface area contributed by atoms with Gasteiger partial charge in [0.05, 0.1) is 11.9 Å². The summed E-state index contributed by atoms with van der Waals surface area (Å²) in [4.78, 5) is 18.7. The summed E-state index contributed by atoms with van der Waals surface area (Å²) in [5.74, 6) is -0.443. The summed E-state index contributed by atoms with van der Waals surface area (Å²) in [5.41, 5.74) is 1.97. The summed E-state index contributed by atoms with van der Waals surface area (Å²) in [6.45, 7) is 1.80. The van der Waals surface area contributed by atoms with E-state index in [-0.39, 0.29) is 5.91 Å². The first-order valence-electron chi connectivity index (χ1n) is 8.14. The molecule has 2 atom stereocenters. The second-order valence-electron chi connectivity index (χ2n) is 6.50. The van der Waals surface area contributed by atoms with Crippen molar-refractivity contribution in [3.8, 4) is 11.3 Å². The first-order chi connectivity index (χ1) is 11.1. The van der Waals surface area contributed by atoms with Crippen molar-refractivity contribution in [3.05, 3.63) is 35.5 Å². The van der Waals surface area contributed by atoms with Crippen molar-refractivity contribution in [2.45, 2.75) is 51.1 Å². The highest BCUT2D eigenvalue weighted by atomic mass is 19.1. The minimum absolute atomic E-state index is 0.0119. The molecule has 2 unspecified atom stereocenters. The van der Waals surface area contributed by atoms with Gasteiger partial charge in [-0.2, -0.15) is 5.10 Å². The molecule has 2 bridgehead atoms. The molecule has 2 aliphatic rings. The highest BCUT2D eigenvalue weighted by molar-refractivity contribution is 5.94. The maximum absolute atomic E-state index is 13.9. The molecule has 0 aromatic carbocycles. The van der Waals surface area contributed by atoms with Crippen LogP contribution < -0.4 is 0 Å². The van der Waals surface area contributed by atoms with Crippen LogP contribution in [0.2, 0.25) is 0 Å². The smallest absolute Gasteiger partial charge is 0.272 e. The molecule has 2 aromatic heterocycles. The first-order valence-corrected chi connectivity index (χ1v) is 8.14. The van der Waals surface area contributed by atoms with Gasteiger partial charge >= 0.3 is 0 Å². The number of pyridine rings is 1. The third-order valence-electron chi connectivity index (χ3n) is 5.01. The zero-order valence-corrected chi connectivity index (χ0v) is 13.1. The molecule has 4 heterocycles. The van der Waals surface area contributed by atoms with E-state index in [1.54, 1.807) is 19.1 Å². The number of aromatic amines is 1. The average molecular weight is 314 g/mol. The maximum Gasteiger partial charge on any atom is 0.272 e. The topological polar surface area (TPSA) is 61.9 Å². The van der Waals surface area contributed by atoms with Crippen LogP contribution in [-0.2, 0) is 0 Å². The highest BCUT2D eigenvalue weighted by Gasteiger charge is 2.40. The zero-order valence-electron chi connectivity index (χ0n) is 13.1. The number of aryl methyl sites for hydroxylation is 1. The standard InChI is InChI=1S/C17H19FN4O/c1-10-7-13(14(18)9-19-10)15-8-16(21-20-15)17(23)22-11-3-2-4-12(22)6-5-11/h7-9,11-12H,2-6H2,1H3,(H,20,21). The van der Waals surface area contributed by atoms with E-state index >= 15 is 0 Å². The predicted octanol–water partition coefficient (Wildman–Crippen LogP) is 3.08. The Bertz CT molecular complexity index is 741. The molecule has 0 saturated carbocycles. The van der Waals surface area contributed by atoms with Gasteiger partial charge in [0.2, 0.25) is 0 Å². The second-order valence-corrected chi connectivity index (χ2v) is 6.50. The Balaban J connectivity index is 1.63. The van der Waals surface area contributed by atoms with E-state index in [0.717, 1.165) is 25.7 Å². The van der Waals surface area contributed by atoms with Crippen LogP contribution >= 0.6 is 0 Å². The molecule has 6 heteroatoms. The van der Waals surface area contributed by atoms with Gasteiger partial charge in [-0.3, -0.25) is 14.9 Å². The van der Waals surface area contributed by atoms with E-state index in [1.165, 1.54) is 12.6 Å². The van der Waals surface area contributed by atoms with E-state index in [2.05, 4.69) is 15.2 Å². The maximum atomic E-state index is 13.9. The second kappa shape index (κ2) is 5.44. The molecule has 2 saturated heterocycles. The molecule has 120 valence electrons. The molecule has 2 aromatic rings. The lowest BCUT2D eigenvalue weighted by Crippen LogP contribution is -2.44. The molecule has 2 aliphatic heterocycles. The first kappa shape index (κ1) is 14.4. The minimum Gasteiger partial charge on any atom is -0.331 e. The normalized spacial score (nSPS) is 23.3. The van der Waals surface area contributed by atoms with E-state index in [4.69, 9.17) is 0 Å². The van der Waals surface area contributed by atoms with E-state index in [0.29, 0.717) is 34.7 Å². The number of piperidine rings is 1. The number of rotatable bonds is 2. The predicted molar refractivity (Wildman–Crippen MR) is 83.3 cm³/mol. The lowest BCUT2D eigenvalue weighted by atomic mass is 10.0. The van der Waals surface area contributed by atoms with Gasteiger partial charge in [-0.05, 0) is 51.2 Å². The molecule has 1 amide bonds. The number of nitrogens with zero attached hydrogens (tertiary/aromatic N) is 3. The van der Waals surface area contributed by atoms with Crippen LogP contribution in [0.25, 0.3) is 11.3 Å². The molecule has 5 nitrogen and oxygen atoms in total. The molecule has 1 N–H and O–H groups in total. The molecule has 0 aliphatic carbocycles. The largest absolute Gasteiger partial charge is 0.331 e. The van der Waals surface area contributed by atoms with Crippen LogP contribution in [0.4, 0.5) is 4.39 Å². The van der Waals surface area contributed by atoms with Gasteiger partial charge in [0.25, 0.3) is 5.91 Å². The van der Waals surface area contributed by atoms with Crippen LogP contribution in [0.1, 0.15) is 48.3 Å². The Kier molecular flexibility index (Phi) is 3.39. The monoisotopic (exact) mass is 314 g/mol. The van der Waals surface area contributed by atoms with Crippen molar-refractivity contribution >= 4 is 5.91 Å². The lowest BCUT2D eigenvalue weighted by molar-refractivity contribution is 0.0589. The summed E-state index contributed by atoms with van der Waals surface area (Å²) in [7, 11) is 0. The Morgan fingerprint density at radius 2 is 2.00 bits per heavy atom. The number of nitrogens with one attached hydrogen (secondary N) is 1. The molecular weight excluding hydrogens is 295 g/mol. The van der Waals surface area contributed by atoms with Crippen molar-refractivity contribution in [2.75, 3.05) is 0 Å². The molecule has 0 spiro atoms. The van der Waals surface area contributed by atoms with Crippen LogP contribution in [0, 0.1) is 12.7 Å². The fourth-order valence-corrected chi connectivity index (χ4v) is 3.90. The fraction of sp³-hybridized carbons (Fsp3) is 0.471. The summed E-state index contributed by atoms with van der Waals surface area (Å²) >= 11 is 0. The molecule has 23 heavy (non-hydrogen) atoms. The third-order valence-corrected chi connectivity index (χ3v) is 5.01. The van der Waals surface area contributed by atoms with Gasteiger partial charge in [-0.15, -0.1) is 0 Å². The van der Waals surface area contributed by atoms with E-state index < -0.39 is 5.82 Å². The van der Waals surface area contributed by atoms with Crippen molar-refractivity contribution in [1.82, 2.24) is 20.1 Å². The minimum atomic E-state index is -0.431. The number of fused-ring (bicyclic) bond motifs is 2. The summed E-state index contributed by atoms with van der Waals surface area (Å²) in [6.07, 6.45) is 6.74. The number of aromatic nitrogens is 3. The average Bonchev–Trinajstić information content (AvgIpc) is 3.12. The fourth-order valence-electron chi connectivity index (χ4n) is 3.90. The molecule has 2 fully saturated rings. The van der Waals surface area contributed by atoms with Gasteiger partial charge in [-0.25, -0.2) is 4.39 Å². The van der Waals surface area contributed by atoms with Crippen LogP contribution in [0.15, 0.2) is 18.3 Å². The molecular formula is C17H19FN4O. The van der Waals surface area contributed by atoms with Crippen molar-refractivity contribution in [2.24, 2.45) is 0 Å². The van der Waals surface area contributed by atoms with Gasteiger partial charge in [0.1, 0.15) is 5.69 Å². The van der Waals surface area contributed by atoms with Gasteiger partial charge in [0.15, 0.2) is 5.82 Å². The van der Waals surface area contributed by atoms with Crippen LogP contribution in [-0.4, -0.2) is 38.1 Å². The summed E-state index contributed by atoms with van der Waals surface area (Å²) in [5, 5.41) is 6.92. The van der Waals surface area contributed by atoms with E-state index in [9.17, 15) is 9.18 Å². The van der Waals surface area contributed by atoms with Crippen molar-refractivity contribution in [1.29, 1.82) is 0 Å². The van der Waals surface area contributed by atoms with Crippen molar-refractivity contribution < 1.29 is 9.18 Å². The third kappa shape index (κ3) is 2.42. The van der Waals surface area contributed by atoms with Gasteiger partial charge in [-0.1, -0.05) is 0 Å². The molecule has 0 radical (unpaired) electrons. The number of hydrogen-bond donors (Lipinski definition) is 1. The molecule has 4 rings (SSSR count). The zero-order chi connectivity index (χ0) is 16.0. The van der Waals surface area contributed by atoms with Crippen molar-refractivity contribution in [3.63, 3.8) is 0 Å². The summed E-state index contributed by atoms with van der Waals surface area (Å²) in [6, 6.07) is 4.00. The Morgan fingerprint density at radius 3 is 2.74 bits per heavy atom. The number of hydrogen-bond acceptors (Lipinski definition) is 3. The number of H-pyrrole nitrogens is 1. The quantitative estimate of drug-likeness (QED) is 0.926. The number of carbonyl (C=O) groups excluding carboxylic acids is 1. The van der Waals surface area contributed by atoms with Crippen LogP contribution in [0.3, 0.4) is 0 Å². The van der Waals surface area contributed by atoms with E-state index in [1.807, 2.05) is 4.90 Å². The number of carbonyl (C=O) groups is 1. The van der Waals surface area contributed by atoms with Gasteiger partial charge < -0.3 is 4.90 Å². The number of halogens is 1. The SMILES string of the molecule is Cc1cc(-c2cc(C(=O)N3C4CCCC3CC4)[nH]n2)c(F)cn1. The van der Waals surface area contributed by atoms with Gasteiger partial charge in [0, 0.05) is 23.3 Å². The van der Waals surface area contributed by atoms with Crippen LogP contribution in [0.5, 0.6) is 0 Å². The highest BCUT2D eigenvalue weighted by Crippen LogP contribution is 2.36. The Morgan fingerprint density at radius 1 is 1.26 bits per heavy atom. The lowest BCUT2D eigenvalue weighted by Gasteiger charge is -2.34. The number of amides is 1. The Hall–Kier alpha value is -2.24. The Labute approximate surface area is 133 Å².